The Balaban J connectivity index is 2.07. The Labute approximate surface area is 107 Å². The number of carbonyl (C=O) groups is 1. The van der Waals surface area contributed by atoms with Crippen LogP contribution in [0.3, 0.4) is 0 Å². The van der Waals surface area contributed by atoms with Crippen LogP contribution in [0.4, 0.5) is 0 Å². The first-order valence-electron chi connectivity index (χ1n) is 6.77. The molecule has 0 heterocycles. The van der Waals surface area contributed by atoms with Crippen LogP contribution in [0.1, 0.15) is 44.9 Å². The van der Waals surface area contributed by atoms with Crippen molar-refractivity contribution >= 4 is 5.78 Å². The number of nitrogens with zero attached hydrogens (tertiary/aromatic N) is 2. The van der Waals surface area contributed by atoms with Gasteiger partial charge in [0.25, 0.3) is 0 Å². The molecule has 0 aliphatic heterocycles. The second-order valence-electron chi connectivity index (χ2n) is 5.79. The number of fused-ring (bicyclic) bond motifs is 1. The van der Waals surface area contributed by atoms with Crippen molar-refractivity contribution < 1.29 is 4.79 Å². The highest BCUT2D eigenvalue weighted by Gasteiger charge is 2.78. The average Bonchev–Trinajstić information content (AvgIpc) is 2.81. The van der Waals surface area contributed by atoms with E-state index in [0.717, 1.165) is 37.7 Å². The number of nitriles is 2. The summed E-state index contributed by atoms with van der Waals surface area (Å²) in [5, 5.41) is 19.0. The van der Waals surface area contributed by atoms with E-state index in [9.17, 15) is 15.3 Å². The summed E-state index contributed by atoms with van der Waals surface area (Å²) in [6.07, 6.45) is 8.31. The molecule has 3 aliphatic carbocycles. The van der Waals surface area contributed by atoms with Crippen molar-refractivity contribution in [2.75, 3.05) is 0 Å². The summed E-state index contributed by atoms with van der Waals surface area (Å²) < 4.78 is 0. The smallest absolute Gasteiger partial charge is 0.157 e. The van der Waals surface area contributed by atoms with Crippen molar-refractivity contribution in [1.82, 2.24) is 0 Å². The maximum atomic E-state index is 11.5. The molecule has 0 spiro atoms. The number of hydrogen-bond acceptors (Lipinski definition) is 3. The molecule has 0 bridgehead atoms. The molecule has 2 saturated carbocycles. The molecule has 0 saturated heterocycles. The molecule has 92 valence electrons. The molecule has 0 amide bonds. The van der Waals surface area contributed by atoms with E-state index in [1.807, 2.05) is 0 Å². The number of rotatable bonds is 1. The van der Waals surface area contributed by atoms with Gasteiger partial charge in [-0.05, 0) is 25.3 Å². The average molecular weight is 240 g/mol. The quantitative estimate of drug-likeness (QED) is 0.707. The lowest BCUT2D eigenvalue weighted by Crippen LogP contribution is -2.14. The van der Waals surface area contributed by atoms with Crippen LogP contribution in [0.5, 0.6) is 0 Å². The summed E-state index contributed by atoms with van der Waals surface area (Å²) in [5.41, 5.74) is -0.0225. The fraction of sp³-hybridized carbons (Fsp3) is 0.667. The largest absolute Gasteiger partial charge is 0.295 e. The molecule has 0 aromatic rings. The van der Waals surface area contributed by atoms with Crippen molar-refractivity contribution in [1.29, 1.82) is 10.5 Å². The zero-order valence-corrected chi connectivity index (χ0v) is 10.4. The zero-order valence-electron chi connectivity index (χ0n) is 10.4. The first kappa shape index (κ1) is 11.5. The fourth-order valence-corrected chi connectivity index (χ4v) is 4.35. The molecule has 2 fully saturated rings. The molecule has 2 unspecified atom stereocenters. The van der Waals surface area contributed by atoms with Crippen LogP contribution in [0, 0.1) is 39.4 Å². The summed E-state index contributed by atoms with van der Waals surface area (Å²) >= 11 is 0. The van der Waals surface area contributed by atoms with Crippen molar-refractivity contribution in [2.24, 2.45) is 16.7 Å². The molecule has 3 nitrogen and oxygen atoms in total. The second kappa shape index (κ2) is 3.69. The van der Waals surface area contributed by atoms with Crippen LogP contribution in [0.2, 0.25) is 0 Å². The summed E-state index contributed by atoms with van der Waals surface area (Å²) in [6.45, 7) is 0. The number of hydrogen-bond donors (Lipinski definition) is 0. The van der Waals surface area contributed by atoms with Gasteiger partial charge in [-0.3, -0.25) is 4.79 Å². The molecule has 2 atom stereocenters. The summed E-state index contributed by atoms with van der Waals surface area (Å²) in [5.74, 6) is 0.332. The van der Waals surface area contributed by atoms with Gasteiger partial charge in [-0.25, -0.2) is 0 Å². The molecular formula is C15H16N2O. The number of allylic oxidation sites excluding steroid dienone is 2. The van der Waals surface area contributed by atoms with Crippen LogP contribution in [-0.2, 0) is 4.79 Å². The van der Waals surface area contributed by atoms with E-state index in [1.165, 1.54) is 6.42 Å². The Morgan fingerprint density at radius 2 is 1.94 bits per heavy atom. The Kier molecular flexibility index (Phi) is 2.35. The summed E-state index contributed by atoms with van der Waals surface area (Å²) in [4.78, 5) is 11.5. The molecule has 3 aliphatic rings. The number of carbonyl (C=O) groups excluding carboxylic acids is 1. The predicted octanol–water partition coefficient (Wildman–Crippen LogP) is 2.89. The zero-order chi connectivity index (χ0) is 12.8. The molecule has 0 N–H and O–H groups in total. The lowest BCUT2D eigenvalue weighted by Gasteiger charge is -2.18. The third-order valence-electron chi connectivity index (χ3n) is 5.20. The maximum absolute atomic E-state index is 11.5. The molecule has 3 rings (SSSR count). The lowest BCUT2D eigenvalue weighted by molar-refractivity contribution is -0.114. The highest BCUT2D eigenvalue weighted by Crippen LogP contribution is 2.77. The minimum absolute atomic E-state index is 0.166. The van der Waals surface area contributed by atoms with Crippen molar-refractivity contribution in [3.8, 4) is 12.1 Å². The van der Waals surface area contributed by atoms with Crippen LogP contribution < -0.4 is 0 Å². The highest BCUT2D eigenvalue weighted by atomic mass is 16.1. The van der Waals surface area contributed by atoms with E-state index in [4.69, 9.17) is 0 Å². The Morgan fingerprint density at radius 3 is 2.56 bits per heavy atom. The fourth-order valence-electron chi connectivity index (χ4n) is 4.35. The van der Waals surface area contributed by atoms with Crippen molar-refractivity contribution in [3.05, 3.63) is 11.6 Å². The van der Waals surface area contributed by atoms with E-state index in [-0.39, 0.29) is 17.1 Å². The van der Waals surface area contributed by atoms with E-state index in [2.05, 4.69) is 12.1 Å². The van der Waals surface area contributed by atoms with Crippen LogP contribution in [0.15, 0.2) is 11.6 Å². The van der Waals surface area contributed by atoms with Crippen molar-refractivity contribution in [2.45, 2.75) is 44.9 Å². The summed E-state index contributed by atoms with van der Waals surface area (Å²) in [7, 11) is 0. The minimum atomic E-state index is -0.843. The van der Waals surface area contributed by atoms with Gasteiger partial charge in [-0.2, -0.15) is 10.5 Å². The van der Waals surface area contributed by atoms with Gasteiger partial charge < -0.3 is 0 Å². The van der Waals surface area contributed by atoms with E-state index < -0.39 is 5.41 Å². The monoisotopic (exact) mass is 240 g/mol. The van der Waals surface area contributed by atoms with Gasteiger partial charge in [0, 0.05) is 17.8 Å². The van der Waals surface area contributed by atoms with E-state index in [0.29, 0.717) is 6.42 Å². The predicted molar refractivity (Wildman–Crippen MR) is 65.0 cm³/mol. The minimum Gasteiger partial charge on any atom is -0.295 e. The van der Waals surface area contributed by atoms with Crippen LogP contribution >= 0.6 is 0 Å². The Hall–Kier alpha value is -1.61. The second-order valence-corrected chi connectivity index (χ2v) is 5.79. The highest BCUT2D eigenvalue weighted by molar-refractivity contribution is 5.93. The molecule has 0 aromatic heterocycles. The van der Waals surface area contributed by atoms with Gasteiger partial charge in [0.2, 0.25) is 0 Å². The van der Waals surface area contributed by atoms with Gasteiger partial charge >= 0.3 is 0 Å². The first-order chi connectivity index (χ1) is 8.71. The lowest BCUT2D eigenvalue weighted by atomic mass is 9.82. The van der Waals surface area contributed by atoms with Gasteiger partial charge in [-0.1, -0.05) is 24.8 Å². The standard InChI is InChI=1S/C15H16N2O/c16-9-14(10-17)13-4-2-1-3-7-15(13,14)11-5-6-12(18)8-11/h8,13H,1-7H2. The number of ketones is 1. The van der Waals surface area contributed by atoms with E-state index in [1.54, 1.807) is 6.08 Å². The topological polar surface area (TPSA) is 64.7 Å². The van der Waals surface area contributed by atoms with Gasteiger partial charge in [0.05, 0.1) is 12.1 Å². The third kappa shape index (κ3) is 1.15. The maximum Gasteiger partial charge on any atom is 0.157 e. The Bertz CT molecular complexity index is 506. The van der Waals surface area contributed by atoms with E-state index >= 15 is 0 Å². The molecule has 18 heavy (non-hydrogen) atoms. The first-order valence-corrected chi connectivity index (χ1v) is 6.77. The summed E-state index contributed by atoms with van der Waals surface area (Å²) in [6, 6.07) is 4.58. The third-order valence-corrected chi connectivity index (χ3v) is 5.20. The van der Waals surface area contributed by atoms with Crippen LogP contribution in [0.25, 0.3) is 0 Å². The van der Waals surface area contributed by atoms with Crippen LogP contribution in [-0.4, -0.2) is 5.78 Å². The van der Waals surface area contributed by atoms with Crippen molar-refractivity contribution in [3.63, 3.8) is 0 Å². The van der Waals surface area contributed by atoms with Gasteiger partial charge in [0.15, 0.2) is 11.2 Å². The van der Waals surface area contributed by atoms with Gasteiger partial charge in [0.1, 0.15) is 0 Å². The van der Waals surface area contributed by atoms with Gasteiger partial charge in [-0.15, -0.1) is 0 Å². The SMILES string of the molecule is N#CC1(C#N)C2CCCCCC21C1=CC(=O)CC1. The normalized spacial score (nSPS) is 36.9. The molecule has 0 aromatic carbocycles. The molecule has 0 radical (unpaired) electrons. The molecule has 3 heteroatoms. The Morgan fingerprint density at radius 1 is 1.17 bits per heavy atom. The molecular weight excluding hydrogens is 224 g/mol.